The Bertz CT molecular complexity index is 590. The van der Waals surface area contributed by atoms with Crippen molar-refractivity contribution in [2.45, 2.75) is 25.8 Å². The third kappa shape index (κ3) is 2.76. The molecule has 1 aromatic carbocycles. The van der Waals surface area contributed by atoms with Gasteiger partial charge in [-0.15, -0.1) is 0 Å². The van der Waals surface area contributed by atoms with E-state index in [2.05, 4.69) is 13.0 Å². The van der Waals surface area contributed by atoms with Crippen LogP contribution in [0.1, 0.15) is 31.4 Å². The Morgan fingerprint density at radius 1 is 1.42 bits per heavy atom. The summed E-state index contributed by atoms with van der Waals surface area (Å²) in [6, 6.07) is 7.76. The average molecular weight is 311 g/mol. The molecule has 0 amide bonds. The predicted molar refractivity (Wildman–Crippen MR) is 82.2 cm³/mol. The van der Waals surface area contributed by atoms with Crippen LogP contribution in [0.5, 0.6) is 0 Å². The molecule has 0 N–H and O–H groups in total. The summed E-state index contributed by atoms with van der Waals surface area (Å²) < 4.78 is 0. The number of nitriles is 1. The minimum Gasteiger partial charge on any atom is -0.320 e. The Morgan fingerprint density at radius 2 is 2.16 bits per heavy atom. The zero-order valence-electron chi connectivity index (χ0n) is 10.4. The van der Waals surface area contributed by atoms with E-state index in [4.69, 9.17) is 35.4 Å². The first-order chi connectivity index (χ1) is 9.08. The molecule has 1 aliphatic rings. The standard InChI is InChI=1S/C14H12Cl2N2S/c1-2-13(9-3-5-11(15)12(16)7-9)18-10(8-17)4-6-14(18)19/h3-5,7,13H,2,6H2,1H3. The topological polar surface area (TPSA) is 27.0 Å². The molecule has 0 fully saturated rings. The van der Waals surface area contributed by atoms with Gasteiger partial charge in [-0.2, -0.15) is 5.26 Å². The molecule has 1 atom stereocenters. The molecule has 0 saturated heterocycles. The van der Waals surface area contributed by atoms with Crippen molar-refractivity contribution in [2.24, 2.45) is 0 Å². The van der Waals surface area contributed by atoms with Crippen LogP contribution < -0.4 is 0 Å². The number of benzene rings is 1. The van der Waals surface area contributed by atoms with Crippen LogP contribution in [0.15, 0.2) is 30.0 Å². The van der Waals surface area contributed by atoms with Crippen molar-refractivity contribution in [1.29, 1.82) is 5.26 Å². The van der Waals surface area contributed by atoms with Crippen LogP contribution in [0, 0.1) is 11.3 Å². The van der Waals surface area contributed by atoms with Gasteiger partial charge < -0.3 is 4.90 Å². The van der Waals surface area contributed by atoms with Crippen molar-refractivity contribution in [3.8, 4) is 6.07 Å². The van der Waals surface area contributed by atoms with Crippen LogP contribution in [-0.2, 0) is 0 Å². The molecule has 1 aliphatic heterocycles. The molecule has 0 radical (unpaired) electrons. The van der Waals surface area contributed by atoms with E-state index in [1.807, 2.05) is 23.1 Å². The molecule has 0 bridgehead atoms. The molecule has 0 spiro atoms. The smallest absolute Gasteiger partial charge is 0.117 e. The first-order valence-corrected chi connectivity index (χ1v) is 7.12. The van der Waals surface area contributed by atoms with E-state index in [0.717, 1.165) is 17.0 Å². The summed E-state index contributed by atoms with van der Waals surface area (Å²) in [6.07, 6.45) is 3.34. The molecule has 0 saturated carbocycles. The van der Waals surface area contributed by atoms with E-state index in [1.165, 1.54) is 0 Å². The van der Waals surface area contributed by atoms with Gasteiger partial charge in [-0.25, -0.2) is 0 Å². The van der Waals surface area contributed by atoms with Crippen LogP contribution >= 0.6 is 35.4 Å². The highest BCUT2D eigenvalue weighted by Gasteiger charge is 2.28. The van der Waals surface area contributed by atoms with Gasteiger partial charge in [-0.1, -0.05) is 48.4 Å². The van der Waals surface area contributed by atoms with Crippen LogP contribution in [0.3, 0.4) is 0 Å². The Labute approximate surface area is 128 Å². The van der Waals surface area contributed by atoms with Crippen molar-refractivity contribution >= 4 is 40.4 Å². The summed E-state index contributed by atoms with van der Waals surface area (Å²) in [6.45, 7) is 2.06. The molecule has 0 aromatic heterocycles. The third-order valence-corrected chi connectivity index (χ3v) is 4.24. The second-order valence-electron chi connectivity index (χ2n) is 4.27. The van der Waals surface area contributed by atoms with Gasteiger partial charge in [-0.05, 0) is 30.2 Å². The maximum Gasteiger partial charge on any atom is 0.117 e. The average Bonchev–Trinajstić information content (AvgIpc) is 2.76. The van der Waals surface area contributed by atoms with Gasteiger partial charge in [0.1, 0.15) is 11.8 Å². The number of hydrogen-bond donors (Lipinski definition) is 0. The third-order valence-electron chi connectivity index (χ3n) is 3.14. The monoisotopic (exact) mass is 310 g/mol. The maximum atomic E-state index is 9.18. The fraction of sp³-hybridized carbons (Fsp3) is 0.286. The first-order valence-electron chi connectivity index (χ1n) is 5.95. The van der Waals surface area contributed by atoms with Crippen molar-refractivity contribution in [1.82, 2.24) is 4.90 Å². The Hall–Kier alpha value is -1.08. The Morgan fingerprint density at radius 3 is 2.74 bits per heavy atom. The van der Waals surface area contributed by atoms with Gasteiger partial charge in [0, 0.05) is 6.42 Å². The molecule has 1 heterocycles. The van der Waals surface area contributed by atoms with Crippen LogP contribution in [0.25, 0.3) is 0 Å². The summed E-state index contributed by atoms with van der Waals surface area (Å²) >= 11 is 17.4. The summed E-state index contributed by atoms with van der Waals surface area (Å²) in [5, 5.41) is 10.2. The second kappa shape index (κ2) is 5.92. The van der Waals surface area contributed by atoms with Crippen molar-refractivity contribution in [2.75, 3.05) is 0 Å². The van der Waals surface area contributed by atoms with Gasteiger partial charge in [0.25, 0.3) is 0 Å². The molecule has 2 rings (SSSR count). The van der Waals surface area contributed by atoms with E-state index in [9.17, 15) is 5.26 Å². The molecule has 1 aromatic rings. The number of rotatable bonds is 3. The van der Waals surface area contributed by atoms with Gasteiger partial charge in [-0.3, -0.25) is 0 Å². The zero-order valence-corrected chi connectivity index (χ0v) is 12.7. The predicted octanol–water partition coefficient (Wildman–Crippen LogP) is 4.89. The highest BCUT2D eigenvalue weighted by atomic mass is 35.5. The maximum absolute atomic E-state index is 9.18. The first kappa shape index (κ1) is 14.3. The largest absolute Gasteiger partial charge is 0.320 e. The zero-order chi connectivity index (χ0) is 14.0. The fourth-order valence-corrected chi connectivity index (χ4v) is 2.86. The van der Waals surface area contributed by atoms with Crippen molar-refractivity contribution in [3.05, 3.63) is 45.6 Å². The lowest BCUT2D eigenvalue weighted by molar-refractivity contribution is 0.395. The minimum absolute atomic E-state index is 0.0238. The van der Waals surface area contributed by atoms with Gasteiger partial charge in [0.05, 0.1) is 21.1 Å². The van der Waals surface area contributed by atoms with Gasteiger partial charge >= 0.3 is 0 Å². The van der Waals surface area contributed by atoms with Gasteiger partial charge in [0.2, 0.25) is 0 Å². The summed E-state index contributed by atoms with van der Waals surface area (Å²) in [5.74, 6) is 0. The summed E-state index contributed by atoms with van der Waals surface area (Å²) in [7, 11) is 0. The molecular weight excluding hydrogens is 299 g/mol. The fourth-order valence-electron chi connectivity index (χ4n) is 2.24. The Kier molecular flexibility index (Phi) is 4.46. The summed E-state index contributed by atoms with van der Waals surface area (Å²) in [4.78, 5) is 2.68. The molecule has 1 unspecified atom stereocenters. The SMILES string of the molecule is CCC(c1ccc(Cl)c(Cl)c1)N1C(=S)CC=C1C#N. The Balaban J connectivity index is 2.40. The number of hydrogen-bond acceptors (Lipinski definition) is 2. The lowest BCUT2D eigenvalue weighted by atomic mass is 10.0. The van der Waals surface area contributed by atoms with E-state index in [1.54, 1.807) is 6.07 Å². The summed E-state index contributed by atoms with van der Waals surface area (Å²) in [5.41, 5.74) is 1.63. The number of nitrogens with zero attached hydrogens (tertiary/aromatic N) is 2. The van der Waals surface area contributed by atoms with E-state index < -0.39 is 0 Å². The van der Waals surface area contributed by atoms with Crippen molar-refractivity contribution in [3.63, 3.8) is 0 Å². The number of halogens is 2. The second-order valence-corrected chi connectivity index (χ2v) is 5.55. The lowest BCUT2D eigenvalue weighted by Gasteiger charge is -2.29. The quantitative estimate of drug-likeness (QED) is 0.744. The highest BCUT2D eigenvalue weighted by molar-refractivity contribution is 7.80. The normalized spacial score (nSPS) is 16.2. The molecule has 98 valence electrons. The van der Waals surface area contributed by atoms with Gasteiger partial charge in [0.15, 0.2) is 0 Å². The lowest BCUT2D eigenvalue weighted by Crippen LogP contribution is -2.28. The molecule has 19 heavy (non-hydrogen) atoms. The molecule has 0 aliphatic carbocycles. The number of thiocarbonyl (C=S) groups is 1. The van der Waals surface area contributed by atoms with E-state index >= 15 is 0 Å². The van der Waals surface area contributed by atoms with Crippen LogP contribution in [-0.4, -0.2) is 9.89 Å². The van der Waals surface area contributed by atoms with E-state index in [0.29, 0.717) is 22.2 Å². The van der Waals surface area contributed by atoms with Crippen LogP contribution in [0.4, 0.5) is 0 Å². The molecular formula is C14H12Cl2N2S. The molecule has 2 nitrogen and oxygen atoms in total. The minimum atomic E-state index is 0.0238. The van der Waals surface area contributed by atoms with Crippen molar-refractivity contribution < 1.29 is 0 Å². The number of allylic oxidation sites excluding steroid dienone is 1. The van der Waals surface area contributed by atoms with Crippen LogP contribution in [0.2, 0.25) is 10.0 Å². The van der Waals surface area contributed by atoms with E-state index in [-0.39, 0.29) is 6.04 Å². The molecule has 5 heteroatoms. The highest BCUT2D eigenvalue weighted by Crippen LogP contribution is 2.35.